The number of unbranched alkanes of at least 4 members (excludes halogenated alkanes) is 11. The van der Waals surface area contributed by atoms with Gasteiger partial charge in [-0.1, -0.05) is 77.6 Å². The van der Waals surface area contributed by atoms with Gasteiger partial charge in [-0.3, -0.25) is 9.59 Å². The minimum Gasteiger partial charge on any atom is -0.790 e. The van der Waals surface area contributed by atoms with Crippen molar-refractivity contribution < 1.29 is 120 Å². The van der Waals surface area contributed by atoms with Crippen molar-refractivity contribution in [2.75, 3.05) is 13.2 Å². The van der Waals surface area contributed by atoms with E-state index in [1.807, 2.05) is 0 Å². The molecule has 0 radical (unpaired) electrons. The number of carbonyl (C=O) groups is 3. The Morgan fingerprint density at radius 3 is 1.54 bits per heavy atom. The van der Waals surface area contributed by atoms with E-state index in [0.29, 0.717) is 6.42 Å². The number of phosphoric acid groups is 1. The summed E-state index contributed by atoms with van der Waals surface area (Å²) in [5.41, 5.74) is 4.47. The molecule has 1 amide bonds. The van der Waals surface area contributed by atoms with Crippen molar-refractivity contribution in [3.63, 3.8) is 0 Å². The topological polar surface area (TPSA) is 168 Å². The van der Waals surface area contributed by atoms with Gasteiger partial charge in [-0.15, -0.1) is 6.42 Å². The Labute approximate surface area is 350 Å². The molecule has 0 heterocycles. The summed E-state index contributed by atoms with van der Waals surface area (Å²) in [6, 6.07) is 0. The zero-order valence-electron chi connectivity index (χ0n) is 28.5. The van der Waals surface area contributed by atoms with Crippen LogP contribution in [0.25, 0.3) is 0 Å². The molecule has 0 bridgehead atoms. The van der Waals surface area contributed by atoms with Gasteiger partial charge in [0.15, 0.2) is 6.10 Å². The van der Waals surface area contributed by atoms with Crippen LogP contribution in [0.1, 0.15) is 116 Å². The van der Waals surface area contributed by atoms with Crippen molar-refractivity contribution in [1.82, 2.24) is 0 Å². The van der Waals surface area contributed by atoms with Gasteiger partial charge in [0.1, 0.15) is 6.61 Å². The Balaban J connectivity index is -0.0000000648. The number of esters is 2. The first kappa shape index (κ1) is 52.3. The number of nitrogens with two attached hydrogens (primary N) is 1. The number of primary amides is 1. The molecule has 0 aliphatic carbocycles. The quantitative estimate of drug-likeness (QED) is 0.0472. The monoisotopic (exact) mass is 721 g/mol. The maximum atomic E-state index is 12.2. The van der Waals surface area contributed by atoms with Crippen LogP contribution >= 0.6 is 7.82 Å². The maximum Gasteiger partial charge on any atom is 1.00 e. The van der Waals surface area contributed by atoms with Crippen LogP contribution in [0.4, 0.5) is 0 Å². The normalized spacial score (nSPS) is 9.15. The number of rotatable bonds is 19. The van der Waals surface area contributed by atoms with Gasteiger partial charge in [0.05, 0.1) is 14.4 Å². The van der Waals surface area contributed by atoms with Crippen molar-refractivity contribution >= 4 is 25.7 Å². The van der Waals surface area contributed by atoms with Crippen LogP contribution in [0.2, 0.25) is 0 Å². The van der Waals surface area contributed by atoms with Crippen molar-refractivity contribution in [3.05, 3.63) is 0 Å². The van der Waals surface area contributed by atoms with E-state index in [1.165, 1.54) is 58.3 Å². The summed E-state index contributed by atoms with van der Waals surface area (Å²) >= 11 is 0. The largest absolute Gasteiger partial charge is 1.00 e. The van der Waals surface area contributed by atoms with E-state index in [1.54, 1.807) is 0 Å². The van der Waals surface area contributed by atoms with Crippen LogP contribution < -0.4 is 74.6 Å². The van der Waals surface area contributed by atoms with E-state index in [-0.39, 0.29) is 90.0 Å². The smallest absolute Gasteiger partial charge is 0.790 e. The second kappa shape index (κ2) is 38.9. The third-order valence-corrected chi connectivity index (χ3v) is 5.68. The van der Waals surface area contributed by atoms with Gasteiger partial charge in [0.25, 0.3) is 0 Å². The number of amides is 1. The van der Waals surface area contributed by atoms with Gasteiger partial charge in [-0.05, 0) is 77.5 Å². The minimum absolute atomic E-state index is 0. The van der Waals surface area contributed by atoms with Crippen LogP contribution in [0, 0.1) is 83.4 Å². The number of ether oxygens (including phenoxy) is 2. The summed E-state index contributed by atoms with van der Waals surface area (Å²) in [5, 5.41) is 0. The second-order valence-electron chi connectivity index (χ2n) is 9.35. The number of terminal acetylenes is 1. The zero-order valence-corrected chi connectivity index (χ0v) is 33.4. The third kappa shape index (κ3) is 47.8. The van der Waals surface area contributed by atoms with Crippen LogP contribution in [0.3, 0.4) is 0 Å². The van der Waals surface area contributed by atoms with E-state index in [9.17, 15) is 28.7 Å². The first-order valence-electron chi connectivity index (χ1n) is 14.8. The molecule has 0 spiro atoms. The molecule has 0 rings (SSSR count). The van der Waals surface area contributed by atoms with Crippen molar-refractivity contribution in [3.8, 4) is 83.4 Å². The molecular weight excluding hydrogens is 655 g/mol. The molecule has 0 aliphatic rings. The predicted molar refractivity (Wildman–Crippen MR) is 198 cm³/mol. The Hall–Kier alpha value is -2.56. The Morgan fingerprint density at radius 2 is 1.12 bits per heavy atom. The maximum absolute atomic E-state index is 12.2. The van der Waals surface area contributed by atoms with Gasteiger partial charge in [0, 0.05) is 37.8 Å². The van der Waals surface area contributed by atoms with E-state index in [2.05, 4.69) is 94.1 Å². The van der Waals surface area contributed by atoms with Crippen LogP contribution in [-0.4, -0.2) is 37.2 Å². The summed E-state index contributed by atoms with van der Waals surface area (Å²) in [6.07, 6.45) is 17.4. The molecule has 0 aromatic heterocycles. The first-order valence-corrected chi connectivity index (χ1v) is 16.2. The Kier molecular flexibility index (Phi) is 42.3. The van der Waals surface area contributed by atoms with Crippen molar-refractivity contribution in [2.45, 2.75) is 103 Å². The van der Waals surface area contributed by atoms with E-state index >= 15 is 0 Å². The van der Waals surface area contributed by atoms with Crippen molar-refractivity contribution in [1.29, 1.82) is 0 Å². The molecule has 13 heteroatoms. The van der Waals surface area contributed by atoms with Gasteiger partial charge in [0.2, 0.25) is 5.91 Å². The SMILES string of the molecule is C#CC#CC#CC#CC#CC#CC#CC(=O)OC[C@H](COP(=O)([O-])[O-])OC(=O)CCCCCCCCCCCCCC.CC(N)=O.[HH].[HH].[HH].[HH].[HH].[HH].[HH].[HH].[HH].[HH].[HH].[HH].[HH].[Na+].[Na+]. The molecule has 0 aliphatic heterocycles. The van der Waals surface area contributed by atoms with Crippen molar-refractivity contribution in [2.24, 2.45) is 5.73 Å². The molecule has 10 nitrogen and oxygen atoms in total. The van der Waals surface area contributed by atoms with Gasteiger partial charge < -0.3 is 34.1 Å². The number of hydrogen-bond acceptors (Lipinski definition) is 9. The van der Waals surface area contributed by atoms with Crippen LogP contribution in [0.5, 0.6) is 0 Å². The molecule has 272 valence electrons. The predicted octanol–water partition coefficient (Wildman–Crippen LogP) is -0.271. The van der Waals surface area contributed by atoms with Crippen LogP contribution in [0.15, 0.2) is 0 Å². The average molecular weight is 722 g/mol. The number of hydrogen-bond donors (Lipinski definition) is 1. The standard InChI is InChI=1S/C33H37O8P.C2H5NO.2Na.13H2/c1-3-5-7-9-11-13-15-17-19-21-23-25-27-32(34)39-29-31(30-40-42(36,37)38)41-33(35)28-26-24-22-20-18-16-14-12-10-8-6-4-2;1-2(3)4;;;;;;;;;;;;;;;/h1,31H,4,6,8,10,12,14,16,18,20,22,24,26,28-30H2,2H3,(H2,36,37,38);1H3,(H2,3,4);;;13*1H/q;;2*+1;;;;;;;;;;;;;/p-2/t31-;;;;;;;;;;;;;;;;/m1................/s1. The summed E-state index contributed by atoms with van der Waals surface area (Å²) in [7, 11) is -5.32. The van der Waals surface area contributed by atoms with Gasteiger partial charge in [-0.2, -0.15) is 0 Å². The summed E-state index contributed by atoms with van der Waals surface area (Å²) in [5.74, 6) is 28.1. The minimum atomic E-state index is -5.32. The first-order chi connectivity index (χ1) is 22.0. The molecule has 0 saturated heterocycles. The average Bonchev–Trinajstić information content (AvgIpc) is 2.99. The van der Waals surface area contributed by atoms with E-state index in [4.69, 9.17) is 15.9 Å². The number of carbonyl (C=O) groups excluding carboxylic acids is 3. The molecule has 0 aromatic rings. The molecule has 48 heavy (non-hydrogen) atoms. The van der Waals surface area contributed by atoms with Gasteiger partial charge >= 0.3 is 71.1 Å². The Bertz CT molecular complexity index is 1460. The van der Waals surface area contributed by atoms with Crippen LogP contribution in [-0.2, 0) is 32.9 Å². The molecule has 1 atom stereocenters. The van der Waals surface area contributed by atoms with E-state index in [0.717, 1.165) is 19.3 Å². The fourth-order valence-corrected chi connectivity index (χ4v) is 3.60. The fourth-order valence-electron chi connectivity index (χ4n) is 3.25. The Morgan fingerprint density at radius 1 is 0.729 bits per heavy atom. The fraction of sp³-hybridized carbons (Fsp3) is 0.514. The molecule has 0 unspecified atom stereocenters. The second-order valence-corrected chi connectivity index (χ2v) is 10.5. The zero-order chi connectivity index (χ0) is 34.7. The molecule has 0 saturated carbocycles. The van der Waals surface area contributed by atoms with E-state index < -0.39 is 39.1 Å². The summed E-state index contributed by atoms with van der Waals surface area (Å²) in [6.45, 7) is 2.17. The molecule has 0 fully saturated rings. The molecule has 2 N–H and O–H groups in total. The molecular formula is C35H66NNa2O9P. The summed E-state index contributed by atoms with van der Waals surface area (Å²) in [4.78, 5) is 54.8. The van der Waals surface area contributed by atoms with Gasteiger partial charge in [-0.25, -0.2) is 4.79 Å². The molecule has 0 aromatic carbocycles. The third-order valence-electron chi connectivity index (χ3n) is 5.21. The number of phosphoric ester groups is 1. The summed E-state index contributed by atoms with van der Waals surface area (Å²) < 4.78 is 25.0.